The summed E-state index contributed by atoms with van der Waals surface area (Å²) in [6.45, 7) is 0. The van der Waals surface area contributed by atoms with E-state index < -0.39 is 11.1 Å². The maximum atomic E-state index is 11.1. The minimum atomic E-state index is -0.447. The number of fused-ring (bicyclic) bond motifs is 1. The zero-order chi connectivity index (χ0) is 8.72. The van der Waals surface area contributed by atoms with Gasteiger partial charge in [-0.2, -0.15) is 0 Å². The lowest BCUT2D eigenvalue weighted by Crippen LogP contribution is -2.20. The molecule has 2 aromatic rings. The molecule has 0 fully saturated rings. The summed E-state index contributed by atoms with van der Waals surface area (Å²) in [5, 5.41) is 11.4. The normalized spacial score (nSPS) is 10.8. The van der Waals surface area contributed by atoms with Gasteiger partial charge in [-0.1, -0.05) is 5.21 Å². The summed E-state index contributed by atoms with van der Waals surface area (Å²) >= 11 is 0. The average molecular weight is 167 g/mol. The molecule has 0 amide bonds. The average Bonchev–Trinajstić information content (AvgIpc) is 2.42. The van der Waals surface area contributed by atoms with Crippen LogP contribution in [0.3, 0.4) is 0 Å². The summed E-state index contributed by atoms with van der Waals surface area (Å²) in [5.41, 5.74) is -0.616. The Kier molecular flexibility index (Phi) is 1.15. The summed E-state index contributed by atoms with van der Waals surface area (Å²) in [6.07, 6.45) is 0. The van der Waals surface area contributed by atoms with E-state index in [4.69, 9.17) is 0 Å². The number of nitrogens with zero attached hydrogens (tertiary/aromatic N) is 3. The van der Waals surface area contributed by atoms with E-state index in [1.165, 1.54) is 4.68 Å². The molecule has 7 nitrogen and oxygen atoms in total. The molecule has 0 aromatic carbocycles. The van der Waals surface area contributed by atoms with Gasteiger partial charge in [0.15, 0.2) is 11.0 Å². The Morgan fingerprint density at radius 2 is 1.92 bits per heavy atom. The first-order valence-electron chi connectivity index (χ1n) is 3.20. The molecule has 7 heteroatoms. The summed E-state index contributed by atoms with van der Waals surface area (Å²) in [4.78, 5) is 22.1. The number of rotatable bonds is 0. The third-order valence-electron chi connectivity index (χ3n) is 1.55. The Hall–Kier alpha value is -1.92. The number of hydrogen-bond acceptors (Lipinski definition) is 4. The summed E-state index contributed by atoms with van der Waals surface area (Å²) in [6, 6.07) is 0. The van der Waals surface area contributed by atoms with Crippen molar-refractivity contribution in [3.8, 4) is 0 Å². The van der Waals surface area contributed by atoms with Gasteiger partial charge in [0, 0.05) is 7.05 Å². The van der Waals surface area contributed by atoms with Crippen molar-refractivity contribution in [3.63, 3.8) is 0 Å². The maximum Gasteiger partial charge on any atom is 0.292 e. The van der Waals surface area contributed by atoms with Crippen LogP contribution in [-0.2, 0) is 7.05 Å². The second-order valence-corrected chi connectivity index (χ2v) is 2.32. The third kappa shape index (κ3) is 0.698. The van der Waals surface area contributed by atoms with Gasteiger partial charge in [0.25, 0.3) is 11.1 Å². The van der Waals surface area contributed by atoms with Crippen molar-refractivity contribution in [3.05, 3.63) is 20.7 Å². The van der Waals surface area contributed by atoms with E-state index in [2.05, 4.69) is 20.5 Å². The molecule has 0 saturated carbocycles. The molecule has 0 aliphatic heterocycles. The van der Waals surface area contributed by atoms with E-state index in [0.717, 1.165) is 0 Å². The molecule has 0 aliphatic rings. The van der Waals surface area contributed by atoms with Crippen LogP contribution < -0.4 is 11.1 Å². The van der Waals surface area contributed by atoms with Gasteiger partial charge in [-0.25, -0.2) is 4.68 Å². The molecule has 2 aromatic heterocycles. The fraction of sp³-hybridized carbons (Fsp3) is 0.200. The Morgan fingerprint density at radius 3 is 2.58 bits per heavy atom. The van der Waals surface area contributed by atoms with Crippen molar-refractivity contribution >= 4 is 11.0 Å². The van der Waals surface area contributed by atoms with E-state index in [-0.39, 0.29) is 11.0 Å². The summed E-state index contributed by atoms with van der Waals surface area (Å²) < 4.78 is 1.25. The number of aromatic nitrogens is 5. The van der Waals surface area contributed by atoms with Gasteiger partial charge >= 0.3 is 0 Å². The highest BCUT2D eigenvalue weighted by Crippen LogP contribution is 1.93. The highest BCUT2D eigenvalue weighted by atomic mass is 16.1. The lowest BCUT2D eigenvalue weighted by atomic mass is 10.4. The summed E-state index contributed by atoms with van der Waals surface area (Å²) in [7, 11) is 1.55. The highest BCUT2D eigenvalue weighted by Gasteiger charge is 2.08. The Bertz CT molecular complexity index is 532. The van der Waals surface area contributed by atoms with Crippen molar-refractivity contribution in [1.29, 1.82) is 0 Å². The predicted molar refractivity (Wildman–Crippen MR) is 39.8 cm³/mol. The molecule has 0 spiro atoms. The smallest absolute Gasteiger partial charge is 0.266 e. The molecular weight excluding hydrogens is 162 g/mol. The van der Waals surface area contributed by atoms with E-state index >= 15 is 0 Å². The Balaban J connectivity index is 3.20. The Morgan fingerprint density at radius 1 is 1.25 bits per heavy atom. The van der Waals surface area contributed by atoms with E-state index in [0.29, 0.717) is 0 Å². The van der Waals surface area contributed by atoms with Crippen LogP contribution in [0.25, 0.3) is 11.0 Å². The highest BCUT2D eigenvalue weighted by molar-refractivity contribution is 5.70. The second kappa shape index (κ2) is 2.03. The largest absolute Gasteiger partial charge is 0.292 e. The van der Waals surface area contributed by atoms with Gasteiger partial charge in [-0.3, -0.25) is 19.8 Å². The number of aromatic amines is 2. The molecule has 0 atom stereocenters. The maximum absolute atomic E-state index is 11.1. The van der Waals surface area contributed by atoms with Crippen LogP contribution in [-0.4, -0.2) is 25.2 Å². The molecule has 0 bridgehead atoms. The second-order valence-electron chi connectivity index (χ2n) is 2.32. The van der Waals surface area contributed by atoms with Crippen molar-refractivity contribution < 1.29 is 0 Å². The first-order valence-corrected chi connectivity index (χ1v) is 3.20. The topological polar surface area (TPSA) is 96.4 Å². The van der Waals surface area contributed by atoms with Gasteiger partial charge < -0.3 is 0 Å². The fourth-order valence-electron chi connectivity index (χ4n) is 0.997. The minimum Gasteiger partial charge on any atom is -0.266 e. The van der Waals surface area contributed by atoms with Crippen LogP contribution >= 0.6 is 0 Å². The van der Waals surface area contributed by atoms with Crippen LogP contribution in [0.2, 0.25) is 0 Å². The van der Waals surface area contributed by atoms with Gasteiger partial charge in [0.1, 0.15) is 0 Å². The van der Waals surface area contributed by atoms with E-state index in [9.17, 15) is 9.59 Å². The molecule has 0 unspecified atom stereocenters. The van der Waals surface area contributed by atoms with Crippen molar-refractivity contribution in [1.82, 2.24) is 25.2 Å². The predicted octanol–water partition coefficient (Wildman–Crippen LogP) is -1.66. The minimum absolute atomic E-state index is 0.0567. The molecule has 0 saturated heterocycles. The molecule has 12 heavy (non-hydrogen) atoms. The summed E-state index contributed by atoms with van der Waals surface area (Å²) in [5.74, 6) is 0. The number of nitrogens with one attached hydrogen (secondary N) is 2. The Labute approximate surface area is 65.0 Å². The molecular formula is C5H5N5O2. The van der Waals surface area contributed by atoms with Crippen molar-refractivity contribution in [2.24, 2.45) is 7.05 Å². The van der Waals surface area contributed by atoms with Gasteiger partial charge in [0.2, 0.25) is 0 Å². The number of H-pyrrole nitrogens is 2. The first-order chi connectivity index (χ1) is 5.70. The zero-order valence-corrected chi connectivity index (χ0v) is 6.16. The van der Waals surface area contributed by atoms with Crippen LogP contribution in [0.15, 0.2) is 9.59 Å². The monoisotopic (exact) mass is 167 g/mol. The SMILES string of the molecule is Cn1nnc2c(=O)[nH][nH]c(=O)c21. The zero-order valence-electron chi connectivity index (χ0n) is 6.16. The van der Waals surface area contributed by atoms with Crippen LogP contribution in [0.1, 0.15) is 0 Å². The van der Waals surface area contributed by atoms with Crippen LogP contribution in [0, 0.1) is 0 Å². The standard InChI is InChI=1S/C5H5N5O2/c1-10-3-2(6-9-10)4(11)7-8-5(3)12/h1H3,(H,7,11)(H,8,12). The van der Waals surface area contributed by atoms with E-state index in [1.54, 1.807) is 7.05 Å². The van der Waals surface area contributed by atoms with Gasteiger partial charge in [0.05, 0.1) is 0 Å². The number of aryl methyl sites for hydroxylation is 1. The molecule has 2 rings (SSSR count). The fourth-order valence-corrected chi connectivity index (χ4v) is 0.997. The molecule has 0 aliphatic carbocycles. The lowest BCUT2D eigenvalue weighted by molar-refractivity contribution is 0.733. The van der Waals surface area contributed by atoms with Gasteiger partial charge in [-0.15, -0.1) is 5.10 Å². The quantitative estimate of drug-likeness (QED) is 0.491. The first kappa shape index (κ1) is 6.77. The van der Waals surface area contributed by atoms with Gasteiger partial charge in [-0.05, 0) is 0 Å². The van der Waals surface area contributed by atoms with Crippen LogP contribution in [0.4, 0.5) is 0 Å². The molecule has 2 heterocycles. The molecule has 62 valence electrons. The lowest BCUT2D eigenvalue weighted by Gasteiger charge is -1.87. The van der Waals surface area contributed by atoms with Crippen molar-refractivity contribution in [2.75, 3.05) is 0 Å². The van der Waals surface area contributed by atoms with E-state index in [1.807, 2.05) is 0 Å². The molecule has 2 N–H and O–H groups in total. The van der Waals surface area contributed by atoms with Crippen LogP contribution in [0.5, 0.6) is 0 Å². The molecule has 0 radical (unpaired) electrons. The number of hydrogen-bond donors (Lipinski definition) is 2. The van der Waals surface area contributed by atoms with Crippen molar-refractivity contribution in [2.45, 2.75) is 0 Å². The third-order valence-corrected chi connectivity index (χ3v) is 1.55.